The summed E-state index contributed by atoms with van der Waals surface area (Å²) in [4.78, 5) is 32.1. The van der Waals surface area contributed by atoms with Crippen molar-refractivity contribution in [3.05, 3.63) is 75.8 Å². The minimum atomic E-state index is -0.604. The first-order chi connectivity index (χ1) is 23.0. The van der Waals surface area contributed by atoms with E-state index in [4.69, 9.17) is 14.2 Å². The number of nitrogens with zero attached hydrogens (tertiary/aromatic N) is 3. The van der Waals surface area contributed by atoms with Crippen molar-refractivity contribution in [3.63, 3.8) is 0 Å². The van der Waals surface area contributed by atoms with E-state index >= 15 is 4.39 Å². The third-order valence-electron chi connectivity index (χ3n) is 9.63. The van der Waals surface area contributed by atoms with Crippen molar-refractivity contribution in [3.8, 4) is 34.1 Å². The van der Waals surface area contributed by atoms with E-state index in [2.05, 4.69) is 26.5 Å². The van der Waals surface area contributed by atoms with Gasteiger partial charge >= 0.3 is 0 Å². The highest BCUT2D eigenvalue weighted by atomic mass is 19.1. The summed E-state index contributed by atoms with van der Waals surface area (Å²) in [5.74, 6) is 0.232. The quantitative estimate of drug-likeness (QED) is 0.223. The summed E-state index contributed by atoms with van der Waals surface area (Å²) in [5.41, 5.74) is 3.64. The van der Waals surface area contributed by atoms with E-state index in [1.807, 2.05) is 30.3 Å². The van der Waals surface area contributed by atoms with Gasteiger partial charge in [-0.15, -0.1) is 0 Å². The molecular weight excluding hydrogens is 601 g/mol. The van der Waals surface area contributed by atoms with Crippen molar-refractivity contribution in [1.82, 2.24) is 19.7 Å². The number of morpholine rings is 1. The topological polar surface area (TPSA) is 97.3 Å². The maximum absolute atomic E-state index is 15.9. The first-order valence-corrected chi connectivity index (χ1v) is 16.6. The molecule has 2 fully saturated rings. The number of hydrogen-bond donors (Lipinski definition) is 2. The molecule has 10 nitrogen and oxygen atoms in total. The van der Waals surface area contributed by atoms with Gasteiger partial charge in [0, 0.05) is 50.6 Å². The standard InChI is InChI=1S/C36H38FN5O5/c37-28-18-26-33-35(32(28)38-9-13-40-10-3-4-11-40)47-31-20-30-25(24-7-2-1-6-23(24)22-46-30)19-29(31)42(33)21-27(34(26)43)36(44)39-8-5-12-41-14-16-45-17-15-41/h1-2,6-7,18-21,38H,3-5,8-17,22H2,(H,39,44). The monoisotopic (exact) mass is 639 g/mol. The second-order valence-corrected chi connectivity index (χ2v) is 12.6. The fourth-order valence-electron chi connectivity index (χ4n) is 7.14. The molecule has 8 rings (SSSR count). The molecule has 0 bridgehead atoms. The van der Waals surface area contributed by atoms with Gasteiger partial charge in [-0.05, 0) is 62.2 Å². The fourth-order valence-corrected chi connectivity index (χ4v) is 7.14. The number of nitrogens with one attached hydrogen (secondary N) is 2. The largest absolute Gasteiger partial charge is 0.488 e. The number of hydrogen-bond acceptors (Lipinski definition) is 8. The van der Waals surface area contributed by atoms with Gasteiger partial charge in [-0.3, -0.25) is 14.5 Å². The maximum atomic E-state index is 15.9. The smallest absolute Gasteiger partial charge is 0.256 e. The predicted octanol–water partition coefficient (Wildman–Crippen LogP) is 4.75. The summed E-state index contributed by atoms with van der Waals surface area (Å²) < 4.78 is 35.7. The fraction of sp³-hybridized carbons (Fsp3) is 0.389. The summed E-state index contributed by atoms with van der Waals surface area (Å²) in [6.07, 6.45) is 4.65. The molecule has 0 spiro atoms. The van der Waals surface area contributed by atoms with Gasteiger partial charge in [0.1, 0.15) is 29.1 Å². The molecule has 0 radical (unpaired) electrons. The van der Waals surface area contributed by atoms with Crippen LogP contribution in [0.4, 0.5) is 10.1 Å². The zero-order valence-corrected chi connectivity index (χ0v) is 26.3. The van der Waals surface area contributed by atoms with Crippen molar-refractivity contribution in [2.75, 3.05) is 70.9 Å². The van der Waals surface area contributed by atoms with Crippen LogP contribution in [0.25, 0.3) is 27.7 Å². The molecule has 0 aliphatic carbocycles. The van der Waals surface area contributed by atoms with E-state index in [-0.39, 0.29) is 22.4 Å². The zero-order valence-electron chi connectivity index (χ0n) is 26.3. The lowest BCUT2D eigenvalue weighted by molar-refractivity contribution is 0.0374. The Morgan fingerprint density at radius 3 is 2.57 bits per heavy atom. The number of fused-ring (bicyclic) bond motifs is 5. The second kappa shape index (κ2) is 12.6. The van der Waals surface area contributed by atoms with E-state index in [0.29, 0.717) is 55.6 Å². The third kappa shape index (κ3) is 5.62. The average molecular weight is 640 g/mol. The third-order valence-corrected chi connectivity index (χ3v) is 9.63. The minimum Gasteiger partial charge on any atom is -0.488 e. The number of anilines is 1. The van der Waals surface area contributed by atoms with Crippen LogP contribution >= 0.6 is 0 Å². The number of carbonyl (C=O) groups is 1. The highest BCUT2D eigenvalue weighted by molar-refractivity contribution is 6.01. The number of aromatic nitrogens is 1. The van der Waals surface area contributed by atoms with Crippen molar-refractivity contribution < 1.29 is 23.4 Å². The van der Waals surface area contributed by atoms with Crippen molar-refractivity contribution in [2.45, 2.75) is 25.9 Å². The van der Waals surface area contributed by atoms with E-state index in [1.54, 1.807) is 10.8 Å². The Labute approximate surface area is 272 Å². The molecule has 4 aromatic rings. The molecule has 2 N–H and O–H groups in total. The van der Waals surface area contributed by atoms with Gasteiger partial charge in [0.25, 0.3) is 5.91 Å². The van der Waals surface area contributed by atoms with Gasteiger partial charge in [-0.2, -0.15) is 0 Å². The van der Waals surface area contributed by atoms with Crippen LogP contribution in [0, 0.1) is 5.82 Å². The lowest BCUT2D eigenvalue weighted by Crippen LogP contribution is -2.38. The van der Waals surface area contributed by atoms with E-state index in [1.165, 1.54) is 18.9 Å². The highest BCUT2D eigenvalue weighted by Crippen LogP contribution is 2.49. The Bertz CT molecular complexity index is 1910. The van der Waals surface area contributed by atoms with Gasteiger partial charge in [0.15, 0.2) is 17.3 Å². The summed E-state index contributed by atoms with van der Waals surface area (Å²) in [6.45, 7) is 8.17. The Morgan fingerprint density at radius 2 is 1.72 bits per heavy atom. The molecule has 4 aliphatic heterocycles. The summed E-state index contributed by atoms with van der Waals surface area (Å²) in [6, 6.07) is 13.1. The van der Waals surface area contributed by atoms with Crippen molar-refractivity contribution >= 4 is 22.5 Å². The number of benzene rings is 3. The summed E-state index contributed by atoms with van der Waals surface area (Å²) in [5, 5.41) is 6.27. The van der Waals surface area contributed by atoms with Gasteiger partial charge < -0.3 is 34.3 Å². The minimum absolute atomic E-state index is 0.0498. The molecule has 0 saturated carbocycles. The van der Waals surface area contributed by atoms with E-state index in [9.17, 15) is 9.59 Å². The molecule has 244 valence electrons. The lowest BCUT2D eigenvalue weighted by Gasteiger charge is -2.29. The van der Waals surface area contributed by atoms with Gasteiger partial charge in [0.05, 0.1) is 24.3 Å². The molecule has 11 heteroatoms. The molecule has 1 aromatic heterocycles. The number of rotatable bonds is 9. The number of ether oxygens (including phenoxy) is 3. The Hall–Kier alpha value is -4.45. The van der Waals surface area contributed by atoms with Crippen LogP contribution in [0.1, 0.15) is 35.2 Å². The van der Waals surface area contributed by atoms with Crippen LogP contribution in [-0.4, -0.2) is 85.8 Å². The molecule has 0 atom stereocenters. The van der Waals surface area contributed by atoms with Crippen LogP contribution in [0.2, 0.25) is 0 Å². The number of halogens is 1. The molecule has 1 amide bonds. The average Bonchev–Trinajstić information content (AvgIpc) is 3.62. The van der Waals surface area contributed by atoms with Crippen LogP contribution in [-0.2, 0) is 11.3 Å². The predicted molar refractivity (Wildman–Crippen MR) is 178 cm³/mol. The number of likely N-dealkylation sites (tertiary alicyclic amines) is 1. The summed E-state index contributed by atoms with van der Waals surface area (Å²) in [7, 11) is 0. The highest BCUT2D eigenvalue weighted by Gasteiger charge is 2.31. The Balaban J connectivity index is 1.18. The lowest BCUT2D eigenvalue weighted by atomic mass is 9.95. The molecular formula is C36H38FN5O5. The molecule has 3 aromatic carbocycles. The first-order valence-electron chi connectivity index (χ1n) is 16.6. The van der Waals surface area contributed by atoms with Crippen LogP contribution in [0.5, 0.6) is 17.2 Å². The number of pyridine rings is 1. The van der Waals surface area contributed by atoms with Crippen LogP contribution in [0.3, 0.4) is 0 Å². The van der Waals surface area contributed by atoms with Gasteiger partial charge in [-0.1, -0.05) is 24.3 Å². The van der Waals surface area contributed by atoms with Gasteiger partial charge in [0.2, 0.25) is 5.43 Å². The number of carbonyl (C=O) groups excluding carboxylic acids is 1. The molecule has 47 heavy (non-hydrogen) atoms. The van der Waals surface area contributed by atoms with Crippen molar-refractivity contribution in [2.24, 2.45) is 0 Å². The summed E-state index contributed by atoms with van der Waals surface area (Å²) >= 11 is 0. The molecule has 2 saturated heterocycles. The molecule has 5 heterocycles. The van der Waals surface area contributed by atoms with Crippen LogP contribution in [0.15, 0.2) is 53.5 Å². The maximum Gasteiger partial charge on any atom is 0.256 e. The first kappa shape index (κ1) is 29.9. The zero-order chi connectivity index (χ0) is 31.9. The van der Waals surface area contributed by atoms with E-state index in [0.717, 1.165) is 62.4 Å². The SMILES string of the molecule is O=C(NCCCN1CCOCC1)c1cn2c3c(c(NCCN4CCCC4)c(F)cc3c1=O)Oc1cc3c(cc1-2)-c1ccccc1CO3. The normalized spacial score (nSPS) is 17.0. The number of amides is 1. The van der Waals surface area contributed by atoms with E-state index < -0.39 is 17.2 Å². The van der Waals surface area contributed by atoms with Crippen molar-refractivity contribution in [1.29, 1.82) is 0 Å². The Morgan fingerprint density at radius 1 is 0.915 bits per heavy atom. The second-order valence-electron chi connectivity index (χ2n) is 12.6. The van der Waals surface area contributed by atoms with Gasteiger partial charge in [-0.25, -0.2) is 4.39 Å². The van der Waals surface area contributed by atoms with Crippen LogP contribution < -0.4 is 25.5 Å². The molecule has 0 unspecified atom stereocenters. The molecule has 4 aliphatic rings. The Kier molecular flexibility index (Phi) is 8.04.